The van der Waals surface area contributed by atoms with Crippen molar-refractivity contribution in [3.05, 3.63) is 75.6 Å². The maximum absolute atomic E-state index is 15.8. The summed E-state index contributed by atoms with van der Waals surface area (Å²) in [6, 6.07) is 7.67. The third-order valence-electron chi connectivity index (χ3n) is 6.22. The van der Waals surface area contributed by atoms with Crippen molar-refractivity contribution >= 4 is 11.9 Å². The van der Waals surface area contributed by atoms with Crippen LogP contribution in [0.5, 0.6) is 0 Å². The van der Waals surface area contributed by atoms with E-state index in [1.807, 2.05) is 6.07 Å². The molecule has 32 heavy (non-hydrogen) atoms. The highest BCUT2D eigenvalue weighted by atomic mass is 19.4. The smallest absolute Gasteiger partial charge is 0.323 e. The molecule has 2 N–H and O–H groups in total. The van der Waals surface area contributed by atoms with Gasteiger partial charge in [-0.25, -0.2) is 4.39 Å². The van der Waals surface area contributed by atoms with Crippen LogP contribution in [0.4, 0.5) is 17.6 Å². The Hall–Kier alpha value is -2.47. The van der Waals surface area contributed by atoms with Crippen molar-refractivity contribution in [1.82, 2.24) is 0 Å². The Morgan fingerprint density at radius 2 is 1.91 bits per heavy atom. The number of nitrogens with two attached hydrogens (primary N) is 1. The molecule has 1 fully saturated rings. The summed E-state index contributed by atoms with van der Waals surface area (Å²) in [5, 5.41) is 0. The maximum atomic E-state index is 15.8. The average Bonchev–Trinajstić information content (AvgIpc) is 2.68. The summed E-state index contributed by atoms with van der Waals surface area (Å²) in [6.07, 6.45) is 2.70. The van der Waals surface area contributed by atoms with E-state index in [-0.39, 0.29) is 17.4 Å². The van der Waals surface area contributed by atoms with E-state index in [1.165, 1.54) is 13.0 Å². The topological polar surface area (TPSA) is 38.4 Å². The van der Waals surface area contributed by atoms with Crippen LogP contribution in [0.25, 0.3) is 5.70 Å². The van der Waals surface area contributed by atoms with E-state index in [2.05, 4.69) is 4.99 Å². The van der Waals surface area contributed by atoms with Crippen LogP contribution in [0.1, 0.15) is 72.4 Å². The first-order chi connectivity index (χ1) is 15.1. The lowest BCUT2D eigenvalue weighted by Crippen LogP contribution is -2.16. The molecule has 1 atom stereocenters. The van der Waals surface area contributed by atoms with Gasteiger partial charge in [-0.3, -0.25) is 4.99 Å². The van der Waals surface area contributed by atoms with Gasteiger partial charge in [0.15, 0.2) is 0 Å². The predicted octanol–water partition coefficient (Wildman–Crippen LogP) is 6.98. The standard InChI is InChI=1S/C26H30F4N2/c1-4-24(32-15-16(2)31)22-14-13-20(19-8-5-9-19)21(25(22)27)12-11-18-7-6-10-23(17(18)3)26(28,29)30/h4,6-7,10,13-16,19H,5,8-9,11-12,31H2,1-3H3/b24-4-,32-15-. The van der Waals surface area contributed by atoms with Crippen molar-refractivity contribution in [3.63, 3.8) is 0 Å². The normalized spacial score (nSPS) is 16.4. The molecule has 1 unspecified atom stereocenters. The van der Waals surface area contributed by atoms with Crippen molar-refractivity contribution in [2.75, 3.05) is 0 Å². The van der Waals surface area contributed by atoms with Crippen LogP contribution in [0.3, 0.4) is 0 Å². The van der Waals surface area contributed by atoms with Gasteiger partial charge in [-0.05, 0) is 86.8 Å². The lowest BCUT2D eigenvalue weighted by atomic mass is 9.76. The zero-order chi connectivity index (χ0) is 23.5. The Kier molecular flexibility index (Phi) is 7.55. The summed E-state index contributed by atoms with van der Waals surface area (Å²) < 4.78 is 55.7. The van der Waals surface area contributed by atoms with Crippen LogP contribution in [-0.4, -0.2) is 12.3 Å². The van der Waals surface area contributed by atoms with Crippen molar-refractivity contribution in [3.8, 4) is 0 Å². The summed E-state index contributed by atoms with van der Waals surface area (Å²) in [5.74, 6) is -0.0354. The van der Waals surface area contributed by atoms with Gasteiger partial charge in [0.2, 0.25) is 0 Å². The van der Waals surface area contributed by atoms with Crippen LogP contribution in [0.15, 0.2) is 41.4 Å². The number of aliphatic imine (C=N–C) groups is 1. The van der Waals surface area contributed by atoms with Gasteiger partial charge in [-0.2, -0.15) is 13.2 Å². The number of hydrogen-bond acceptors (Lipinski definition) is 2. The zero-order valence-corrected chi connectivity index (χ0v) is 18.8. The molecule has 0 aliphatic heterocycles. The fourth-order valence-corrected chi connectivity index (χ4v) is 4.21. The average molecular weight is 447 g/mol. The molecule has 3 rings (SSSR count). The van der Waals surface area contributed by atoms with Crippen molar-refractivity contribution in [1.29, 1.82) is 0 Å². The van der Waals surface area contributed by atoms with Crippen LogP contribution >= 0.6 is 0 Å². The van der Waals surface area contributed by atoms with E-state index in [0.717, 1.165) is 30.9 Å². The highest BCUT2D eigenvalue weighted by Crippen LogP contribution is 2.41. The Morgan fingerprint density at radius 3 is 2.47 bits per heavy atom. The number of alkyl halides is 3. The van der Waals surface area contributed by atoms with Crippen LogP contribution in [0.2, 0.25) is 0 Å². The molecule has 2 aromatic carbocycles. The summed E-state index contributed by atoms with van der Waals surface area (Å²) in [6.45, 7) is 5.06. The molecule has 1 aliphatic carbocycles. The van der Waals surface area contributed by atoms with Crippen LogP contribution in [-0.2, 0) is 19.0 Å². The van der Waals surface area contributed by atoms with Gasteiger partial charge in [0.25, 0.3) is 0 Å². The number of benzene rings is 2. The number of hydrogen-bond donors (Lipinski definition) is 1. The molecule has 1 saturated carbocycles. The minimum atomic E-state index is -4.40. The first-order valence-corrected chi connectivity index (χ1v) is 11.1. The van der Waals surface area contributed by atoms with Gasteiger partial charge in [-0.1, -0.05) is 30.7 Å². The third kappa shape index (κ3) is 5.29. The highest BCUT2D eigenvalue weighted by molar-refractivity contribution is 5.76. The number of rotatable bonds is 7. The van der Waals surface area contributed by atoms with Gasteiger partial charge >= 0.3 is 6.18 Å². The number of halogens is 4. The molecule has 0 spiro atoms. The minimum absolute atomic E-state index is 0.206. The molecule has 172 valence electrons. The SMILES string of the molecule is C/C=C(\N=C/C(C)N)c1ccc(C2CCC2)c(CCc2cccc(C(F)(F)F)c2C)c1F. The molecule has 1 aliphatic rings. The molecule has 0 radical (unpaired) electrons. The molecule has 0 aromatic heterocycles. The van der Waals surface area contributed by atoms with E-state index in [1.54, 1.807) is 38.3 Å². The van der Waals surface area contributed by atoms with E-state index in [9.17, 15) is 13.2 Å². The lowest BCUT2D eigenvalue weighted by molar-refractivity contribution is -0.138. The van der Waals surface area contributed by atoms with E-state index in [4.69, 9.17) is 5.73 Å². The van der Waals surface area contributed by atoms with Crippen LogP contribution in [0, 0.1) is 12.7 Å². The van der Waals surface area contributed by atoms with Gasteiger partial charge in [0, 0.05) is 17.8 Å². The van der Waals surface area contributed by atoms with Gasteiger partial charge in [-0.15, -0.1) is 0 Å². The maximum Gasteiger partial charge on any atom is 0.416 e. The van der Waals surface area contributed by atoms with Crippen molar-refractivity contribution in [2.24, 2.45) is 10.7 Å². The summed E-state index contributed by atoms with van der Waals surface area (Å²) in [4.78, 5) is 4.34. The van der Waals surface area contributed by atoms with E-state index >= 15 is 4.39 Å². The third-order valence-corrected chi connectivity index (χ3v) is 6.22. The fourth-order valence-electron chi connectivity index (χ4n) is 4.21. The second-order valence-corrected chi connectivity index (χ2v) is 8.52. The van der Waals surface area contributed by atoms with Crippen molar-refractivity contribution < 1.29 is 17.6 Å². The Labute approximate surface area is 187 Å². The Morgan fingerprint density at radius 1 is 1.19 bits per heavy atom. The number of aryl methyl sites for hydroxylation is 1. The second-order valence-electron chi connectivity index (χ2n) is 8.52. The molecule has 2 nitrogen and oxygen atoms in total. The highest BCUT2D eigenvalue weighted by Gasteiger charge is 2.33. The molecule has 6 heteroatoms. The Bertz CT molecular complexity index is 1020. The summed E-state index contributed by atoms with van der Waals surface area (Å²) in [7, 11) is 0. The van der Waals surface area contributed by atoms with Crippen LogP contribution < -0.4 is 5.73 Å². The molecular weight excluding hydrogens is 416 g/mol. The quantitative estimate of drug-likeness (QED) is 0.361. The van der Waals surface area contributed by atoms with E-state index in [0.29, 0.717) is 41.1 Å². The fraction of sp³-hybridized carbons (Fsp3) is 0.423. The van der Waals surface area contributed by atoms with Crippen molar-refractivity contribution in [2.45, 2.75) is 71.0 Å². The molecular formula is C26H30F4N2. The molecule has 0 saturated heterocycles. The molecule has 0 bridgehead atoms. The molecule has 0 heterocycles. The van der Waals surface area contributed by atoms with Gasteiger partial charge < -0.3 is 5.73 Å². The Balaban J connectivity index is 1.98. The predicted molar refractivity (Wildman–Crippen MR) is 122 cm³/mol. The first kappa shape index (κ1) is 24.2. The first-order valence-electron chi connectivity index (χ1n) is 11.1. The summed E-state index contributed by atoms with van der Waals surface area (Å²) in [5.41, 5.74) is 8.35. The number of nitrogens with zero attached hydrogens (tertiary/aromatic N) is 1. The second kappa shape index (κ2) is 9.99. The monoisotopic (exact) mass is 446 g/mol. The summed E-state index contributed by atoms with van der Waals surface area (Å²) >= 11 is 0. The van der Waals surface area contributed by atoms with Gasteiger partial charge in [0.1, 0.15) is 5.82 Å². The van der Waals surface area contributed by atoms with Gasteiger partial charge in [0.05, 0.1) is 11.3 Å². The minimum Gasteiger partial charge on any atom is -0.323 e. The largest absolute Gasteiger partial charge is 0.416 e. The lowest BCUT2D eigenvalue weighted by Gasteiger charge is -2.29. The molecule has 0 amide bonds. The van der Waals surface area contributed by atoms with E-state index < -0.39 is 11.7 Å². The zero-order valence-electron chi connectivity index (χ0n) is 18.8. The number of allylic oxidation sites excluding steroid dienone is 1. The molecule has 2 aromatic rings.